The van der Waals surface area contributed by atoms with Crippen molar-refractivity contribution in [1.29, 1.82) is 0 Å². The Balaban J connectivity index is 1.13. The summed E-state index contributed by atoms with van der Waals surface area (Å²) in [6.07, 6.45) is 3.73. The molecule has 0 radical (unpaired) electrons. The average Bonchev–Trinajstić information content (AvgIpc) is 3.22. The molecule has 3 aromatic rings. The smallest absolute Gasteiger partial charge is 0.263 e. The molecule has 1 atom stereocenters. The predicted molar refractivity (Wildman–Crippen MR) is 137 cm³/mol. The maximum Gasteiger partial charge on any atom is 0.263 e. The van der Waals surface area contributed by atoms with Crippen LogP contribution in [0.4, 0.5) is 26.0 Å². The Morgan fingerprint density at radius 1 is 1.10 bits per heavy atom. The topological polar surface area (TPSA) is 134 Å². The van der Waals surface area contributed by atoms with Crippen molar-refractivity contribution in [3.05, 3.63) is 42.0 Å². The summed E-state index contributed by atoms with van der Waals surface area (Å²) < 4.78 is 42.7. The lowest BCUT2D eigenvalue weighted by Gasteiger charge is -2.43. The number of amides is 2. The number of fused-ring (bicyclic) bond motifs is 1. The molecule has 0 bridgehead atoms. The van der Waals surface area contributed by atoms with Crippen LogP contribution in [-0.4, -0.2) is 99.7 Å². The van der Waals surface area contributed by atoms with Crippen molar-refractivity contribution >= 4 is 34.7 Å². The first-order valence-electron chi connectivity index (χ1n) is 13.4. The summed E-state index contributed by atoms with van der Waals surface area (Å²) in [5, 5.41) is 6.52. The van der Waals surface area contributed by atoms with Crippen LogP contribution < -0.4 is 16.0 Å². The number of nitrogens with zero attached hydrogens (tertiary/aromatic N) is 7. The van der Waals surface area contributed by atoms with E-state index in [4.69, 9.17) is 11.8 Å². The monoisotopic (exact) mass is 543 g/mol. The van der Waals surface area contributed by atoms with Crippen molar-refractivity contribution in [2.24, 2.45) is 5.92 Å². The Hall–Kier alpha value is -3.91. The van der Waals surface area contributed by atoms with Crippen LogP contribution in [0.1, 0.15) is 24.6 Å². The Bertz CT molecular complexity index is 1450. The minimum absolute atomic E-state index is 0.103. The van der Waals surface area contributed by atoms with E-state index in [1.807, 2.05) is 4.90 Å². The highest BCUT2D eigenvalue weighted by molar-refractivity contribution is 6.12. The summed E-state index contributed by atoms with van der Waals surface area (Å²) in [6.45, 7) is 5.43. The highest BCUT2D eigenvalue weighted by atomic mass is 19.1. The van der Waals surface area contributed by atoms with Crippen LogP contribution in [0.25, 0.3) is 5.65 Å². The molecule has 39 heavy (non-hydrogen) atoms. The second kappa shape index (κ2) is 10.3. The first-order chi connectivity index (χ1) is 19.3. The van der Waals surface area contributed by atoms with E-state index in [-0.39, 0.29) is 40.2 Å². The van der Waals surface area contributed by atoms with Crippen LogP contribution in [0.5, 0.6) is 0 Å². The number of hydrogen-bond acceptors (Lipinski definition) is 9. The number of piperazine rings is 1. The zero-order chi connectivity index (χ0) is 28.0. The highest BCUT2D eigenvalue weighted by Crippen LogP contribution is 2.33. The minimum Gasteiger partial charge on any atom is -0.381 e. The second-order valence-corrected chi connectivity index (χ2v) is 10.0. The molecule has 14 heteroatoms. The summed E-state index contributed by atoms with van der Waals surface area (Å²) in [7, 11) is 0. The highest BCUT2D eigenvalue weighted by Gasteiger charge is 2.34. The molecular formula is C25H29F2N9O3. The zero-order valence-electron chi connectivity index (χ0n) is 22.1. The van der Waals surface area contributed by atoms with Gasteiger partial charge in [-0.15, -0.1) is 5.10 Å². The van der Waals surface area contributed by atoms with Gasteiger partial charge in [0, 0.05) is 45.2 Å². The number of nitrogens with one attached hydrogen (secondary N) is 1. The molecule has 3 saturated heterocycles. The second-order valence-electron chi connectivity index (χ2n) is 10.0. The number of carbonyl (C=O) groups is 2. The quantitative estimate of drug-likeness (QED) is 0.452. The first kappa shape index (κ1) is 24.2. The molecule has 12 nitrogen and oxygen atoms in total. The van der Waals surface area contributed by atoms with E-state index in [0.29, 0.717) is 45.1 Å². The molecule has 6 rings (SSSR count). The van der Waals surface area contributed by atoms with Gasteiger partial charge in [0.2, 0.25) is 5.91 Å². The molecule has 6 heterocycles. The van der Waals surface area contributed by atoms with Gasteiger partial charge in [-0.25, -0.2) is 18.3 Å². The van der Waals surface area contributed by atoms with E-state index in [1.165, 1.54) is 6.20 Å². The molecule has 3 aliphatic rings. The van der Waals surface area contributed by atoms with E-state index < -0.39 is 23.7 Å². The van der Waals surface area contributed by atoms with Gasteiger partial charge in [-0.05, 0) is 12.8 Å². The van der Waals surface area contributed by atoms with Crippen LogP contribution in [0, 0.1) is 17.6 Å². The summed E-state index contributed by atoms with van der Waals surface area (Å²) >= 11 is 0. The van der Waals surface area contributed by atoms with Crippen molar-refractivity contribution in [3.63, 3.8) is 0 Å². The van der Waals surface area contributed by atoms with Gasteiger partial charge in [-0.1, -0.05) is 0 Å². The summed E-state index contributed by atoms with van der Waals surface area (Å²) in [5.41, 5.74) is 5.89. The molecule has 0 saturated carbocycles. The van der Waals surface area contributed by atoms with Gasteiger partial charge in [-0.2, -0.15) is 0 Å². The molecule has 0 aliphatic carbocycles. The fraction of sp³-hybridized carbons (Fsp3) is 0.480. The van der Waals surface area contributed by atoms with Gasteiger partial charge >= 0.3 is 0 Å². The van der Waals surface area contributed by atoms with Gasteiger partial charge in [0.15, 0.2) is 23.1 Å². The molecule has 3 fully saturated rings. The van der Waals surface area contributed by atoms with Crippen molar-refractivity contribution in [2.75, 3.05) is 68.4 Å². The lowest BCUT2D eigenvalue weighted by Crippen LogP contribution is -2.58. The fourth-order valence-electron chi connectivity index (χ4n) is 5.48. The number of hydrogen-bond donors (Lipinski definition) is 2. The largest absolute Gasteiger partial charge is 0.381 e. The number of rotatable bonds is 5. The number of halogens is 2. The average molecular weight is 544 g/mol. The van der Waals surface area contributed by atoms with E-state index >= 15 is 4.39 Å². The molecule has 0 spiro atoms. The van der Waals surface area contributed by atoms with Crippen molar-refractivity contribution in [3.8, 4) is 0 Å². The minimum atomic E-state index is -0.925. The first-order valence-corrected chi connectivity index (χ1v) is 12.9. The van der Waals surface area contributed by atoms with Gasteiger partial charge in [0.1, 0.15) is 11.3 Å². The summed E-state index contributed by atoms with van der Waals surface area (Å²) in [6, 6.07) is 0.462. The van der Waals surface area contributed by atoms with Gasteiger partial charge in [0.25, 0.3) is 5.91 Å². The third-order valence-electron chi connectivity index (χ3n) is 7.69. The van der Waals surface area contributed by atoms with Crippen LogP contribution in [0.15, 0.2) is 24.8 Å². The van der Waals surface area contributed by atoms with Gasteiger partial charge in [0.05, 0.1) is 51.1 Å². The third kappa shape index (κ3) is 4.85. The fourth-order valence-corrected chi connectivity index (χ4v) is 5.48. The number of aromatic nitrogens is 4. The number of ether oxygens (including phenoxy) is 1. The Morgan fingerprint density at radius 2 is 1.85 bits per heavy atom. The van der Waals surface area contributed by atoms with Crippen LogP contribution in [0.3, 0.4) is 0 Å². The van der Waals surface area contributed by atoms with Crippen molar-refractivity contribution in [2.45, 2.75) is 18.9 Å². The van der Waals surface area contributed by atoms with E-state index in [2.05, 4.69) is 25.3 Å². The molecule has 3 aliphatic heterocycles. The molecule has 0 aromatic carbocycles. The zero-order valence-corrected chi connectivity index (χ0v) is 21.1. The molecular weight excluding hydrogens is 513 g/mol. The Labute approximate surface area is 224 Å². The van der Waals surface area contributed by atoms with Crippen LogP contribution in [0.2, 0.25) is 0 Å². The number of pyridine rings is 1. The maximum absolute atomic E-state index is 15.1. The van der Waals surface area contributed by atoms with Crippen molar-refractivity contribution in [1.82, 2.24) is 29.4 Å². The van der Waals surface area contributed by atoms with Gasteiger partial charge < -0.3 is 25.6 Å². The SMILES string of the molecule is [2H]c1nc2c(C(=O)Nc3cncc(F)c3N3CCC(C(=O)N4CCN(C5CO[13CH2]5)CC4)CC3)c(N)nn2cc1F. The molecule has 206 valence electrons. The van der Waals surface area contributed by atoms with Crippen molar-refractivity contribution < 1.29 is 24.5 Å². The predicted octanol–water partition coefficient (Wildman–Crippen LogP) is 0.996. The Kier molecular flexibility index (Phi) is 6.40. The number of nitrogens with two attached hydrogens (primary N) is 1. The normalized spacial score (nSPS) is 21.1. The summed E-state index contributed by atoms with van der Waals surface area (Å²) in [4.78, 5) is 40.2. The lowest BCUT2D eigenvalue weighted by molar-refractivity contribution is -0.140. The number of carbonyl (C=O) groups excluding carboxylic acids is 2. The molecule has 1 unspecified atom stereocenters. The molecule has 2 amide bonds. The van der Waals surface area contributed by atoms with E-state index in [1.54, 1.807) is 4.90 Å². The van der Waals surface area contributed by atoms with Gasteiger partial charge in [-0.3, -0.25) is 19.5 Å². The molecule has 3 aromatic heterocycles. The standard InChI is InChI=1S/C25H29F2N9O3/c26-16-9-30-23-20(22(28)32-36(23)12-16)24(37)31-19-11-29-10-18(27)21(19)34-3-1-15(2-4-34)25(38)35-7-5-33(6-8-35)17-13-39-14-17/h9-12,15,17H,1-8,13-14H2,(H2,28,32)(H,31,37)/i9D,13+1. The lowest BCUT2D eigenvalue weighted by atomic mass is 9.94. The van der Waals surface area contributed by atoms with E-state index in [0.717, 1.165) is 43.2 Å². The van der Waals surface area contributed by atoms with E-state index in [9.17, 15) is 14.0 Å². The summed E-state index contributed by atoms with van der Waals surface area (Å²) in [5.74, 6) is -2.54. The third-order valence-corrected chi connectivity index (χ3v) is 7.69. The van der Waals surface area contributed by atoms with Crippen LogP contribution in [-0.2, 0) is 9.53 Å². The maximum atomic E-state index is 15.1. The molecule has 3 N–H and O–H groups in total. The number of nitrogen functional groups attached to an aromatic ring is 1. The van der Waals surface area contributed by atoms with Crippen LogP contribution >= 0.6 is 0 Å². The Morgan fingerprint density at radius 3 is 2.54 bits per heavy atom. The number of anilines is 3. The number of piperidine rings is 1.